The van der Waals surface area contributed by atoms with Gasteiger partial charge in [0.1, 0.15) is 0 Å². The second-order valence-corrected chi connectivity index (χ2v) is 20.8. The minimum atomic E-state index is 0. The Morgan fingerprint density at radius 3 is 1.12 bits per heavy atom. The van der Waals surface area contributed by atoms with Crippen molar-refractivity contribution in [2.75, 3.05) is 0 Å². The van der Waals surface area contributed by atoms with E-state index in [0.717, 1.165) is 151 Å². The minimum Gasteiger partial charge on any atom is -0.545 e. The first-order valence-corrected chi connectivity index (χ1v) is 29.1. The molecule has 6 aromatic carbocycles. The van der Waals surface area contributed by atoms with Crippen molar-refractivity contribution in [1.29, 1.82) is 0 Å². The van der Waals surface area contributed by atoms with Gasteiger partial charge in [-0.25, -0.2) is 0 Å². The summed E-state index contributed by atoms with van der Waals surface area (Å²) in [5.41, 5.74) is 13.2. The largest absolute Gasteiger partial charge is 0.545 e. The Bertz CT molecular complexity index is 3770. The van der Waals surface area contributed by atoms with E-state index in [1.807, 2.05) is 79.7 Å². The Hall–Kier alpha value is -7.18. The van der Waals surface area contributed by atoms with Crippen molar-refractivity contribution >= 4 is 77.4 Å². The molecule has 0 aliphatic carbocycles. The number of furan rings is 1. The predicted octanol–water partition coefficient (Wildman–Crippen LogP) is 19.2. The van der Waals surface area contributed by atoms with Crippen LogP contribution in [0.15, 0.2) is 186 Å². The number of hydrogen-bond donors (Lipinski definition) is 2. The van der Waals surface area contributed by atoms with E-state index in [0.29, 0.717) is 0 Å². The maximum absolute atomic E-state index is 11.7. The van der Waals surface area contributed by atoms with Crippen LogP contribution in [0.1, 0.15) is 107 Å². The molecule has 11 aromatic rings. The van der Waals surface area contributed by atoms with Crippen LogP contribution in [-0.2, 0) is 51.7 Å². The van der Waals surface area contributed by atoms with Crippen LogP contribution in [0.25, 0.3) is 99.7 Å². The molecule has 5 heterocycles. The summed E-state index contributed by atoms with van der Waals surface area (Å²) in [7, 11) is 0. The fraction of sp³-hybridized carbons (Fsp3) is 0.278. The molecule has 0 aliphatic rings. The summed E-state index contributed by atoms with van der Waals surface area (Å²) in [6.07, 6.45) is 9.81. The van der Waals surface area contributed by atoms with Crippen LogP contribution in [-0.4, -0.2) is 40.9 Å². The number of ketones is 2. The summed E-state index contributed by atoms with van der Waals surface area (Å²) >= 11 is 0. The number of hydrogen-bond acceptors (Lipinski definition) is 7. The Kier molecular flexibility index (Phi) is 22.4. The average Bonchev–Trinajstić information content (AvgIpc) is 2.79. The van der Waals surface area contributed by atoms with Crippen LogP contribution >= 0.6 is 0 Å². The molecular weight excluding hydrogens is 1390 g/mol. The summed E-state index contributed by atoms with van der Waals surface area (Å²) in [6.45, 7) is 16.1. The Morgan fingerprint density at radius 2 is 0.771 bits per heavy atom. The quantitative estimate of drug-likeness (QED) is 0.0498. The molecule has 0 radical (unpaired) electrons. The Morgan fingerprint density at radius 1 is 0.434 bits per heavy atom. The van der Waals surface area contributed by atoms with E-state index in [-0.39, 0.29) is 88.9 Å². The number of allylic oxidation sites excluding steroid dienone is 4. The SMILES string of the molecule is CCC(CC)C(=O)/C=C(\O)C(CC)CC.CCC(CC)C(=O)/C=C(\O)C(CC)CC.[Pt].[Pt].[c-]1ccc2c(oc3c(-c4ccc5c(n4)c4ccccc4n5-c4ccccc4)[c-]ccc32)c1-c1ccc2c(n1)c1ccccc1n2-c1ccccc1. The molecule has 0 fully saturated rings. The summed E-state index contributed by atoms with van der Waals surface area (Å²) in [6, 6.07) is 61.2. The van der Waals surface area contributed by atoms with Crippen LogP contribution < -0.4 is 0 Å². The van der Waals surface area contributed by atoms with Crippen molar-refractivity contribution in [3.05, 3.63) is 194 Å². The van der Waals surface area contributed by atoms with E-state index in [9.17, 15) is 19.8 Å². The van der Waals surface area contributed by atoms with Gasteiger partial charge < -0.3 is 23.8 Å². The van der Waals surface area contributed by atoms with E-state index < -0.39 is 0 Å². The van der Waals surface area contributed by atoms with Gasteiger partial charge in [-0.3, -0.25) is 19.6 Å². The second-order valence-electron chi connectivity index (χ2n) is 20.8. The molecule has 9 nitrogen and oxygen atoms in total. The zero-order chi connectivity index (χ0) is 57.2. The standard InChI is InChI=1S/C46H26N4O.2C13H24O2.2Pt/c1-3-13-29(14-4-1)49-39-23-9-7-17-35(39)43-41(49)27-25-37(47-43)33-21-11-19-31-32-20-12-22-34(46(32)51-45(31)33)38-26-28-42-44(48-38)36-18-8-10-24-40(36)50(42)30-15-5-2-6-16-30;2*1-5-10(6-2)12(14)9-13(15)11(7-3)8-4;;/h1-20,23-28H;2*9-11,14H,5-8H2,1-4H3;;/q-2;;;;/b;2*12-9-;;. The molecule has 0 saturated carbocycles. The number of nitrogens with zero attached hydrogens (tertiary/aromatic N) is 4. The van der Waals surface area contributed by atoms with Gasteiger partial charge in [0.2, 0.25) is 0 Å². The maximum atomic E-state index is 11.7. The van der Waals surface area contributed by atoms with Crippen molar-refractivity contribution in [1.82, 2.24) is 19.1 Å². The molecule has 11 rings (SSSR count). The van der Waals surface area contributed by atoms with E-state index in [2.05, 4.69) is 155 Å². The van der Waals surface area contributed by atoms with Crippen molar-refractivity contribution < 1.29 is 66.3 Å². The van der Waals surface area contributed by atoms with Gasteiger partial charge in [-0.1, -0.05) is 162 Å². The Balaban J connectivity index is 0.000000258. The van der Waals surface area contributed by atoms with Crippen LogP contribution in [0.2, 0.25) is 0 Å². The molecule has 2 N–H and O–H groups in total. The second kappa shape index (κ2) is 29.4. The number of aromatic nitrogens is 4. The first-order valence-electron chi connectivity index (χ1n) is 29.1. The summed E-state index contributed by atoms with van der Waals surface area (Å²) in [5.74, 6) is 1.09. The van der Waals surface area contributed by atoms with Gasteiger partial charge in [-0.15, -0.1) is 36.4 Å². The third-order valence-electron chi connectivity index (χ3n) is 16.1. The Labute approximate surface area is 517 Å². The zero-order valence-electron chi connectivity index (χ0n) is 48.7. The van der Waals surface area contributed by atoms with Crippen molar-refractivity contribution in [2.45, 2.75) is 107 Å². The smallest absolute Gasteiger partial charge is 0.162 e. The molecule has 0 aliphatic heterocycles. The number of carbonyl (C=O) groups excluding carboxylic acids is 2. The molecule has 0 amide bonds. The molecule has 5 aromatic heterocycles. The molecule has 83 heavy (non-hydrogen) atoms. The van der Waals surface area contributed by atoms with E-state index in [4.69, 9.17) is 14.4 Å². The third-order valence-corrected chi connectivity index (χ3v) is 16.1. The van der Waals surface area contributed by atoms with E-state index >= 15 is 0 Å². The van der Waals surface area contributed by atoms with Crippen molar-refractivity contribution in [2.24, 2.45) is 23.7 Å². The molecular formula is C72H74N4O5Pt2-2. The number of aliphatic hydroxyl groups is 2. The number of aliphatic hydroxyl groups excluding tert-OH is 2. The maximum Gasteiger partial charge on any atom is 0.162 e. The van der Waals surface area contributed by atoms with Crippen molar-refractivity contribution in [3.63, 3.8) is 0 Å². The van der Waals surface area contributed by atoms with Crippen molar-refractivity contribution in [3.8, 4) is 33.9 Å². The number of fused-ring (bicyclic) bond motifs is 9. The molecule has 11 heteroatoms. The molecule has 0 atom stereocenters. The number of para-hydroxylation sites is 4. The molecule has 0 saturated heterocycles. The van der Waals surface area contributed by atoms with Crippen LogP contribution in [0.5, 0.6) is 0 Å². The molecule has 434 valence electrons. The summed E-state index contributed by atoms with van der Waals surface area (Å²) in [5, 5.41) is 23.7. The van der Waals surface area contributed by atoms with Gasteiger partial charge in [-0.05, 0) is 111 Å². The third kappa shape index (κ3) is 13.3. The van der Waals surface area contributed by atoms with Crippen LogP contribution in [0.4, 0.5) is 0 Å². The zero-order valence-corrected chi connectivity index (χ0v) is 53.2. The summed E-state index contributed by atoms with van der Waals surface area (Å²) in [4.78, 5) is 34.0. The van der Waals surface area contributed by atoms with E-state index in [1.54, 1.807) is 0 Å². The minimum absolute atomic E-state index is 0. The topological polar surface area (TPSA) is 123 Å². The van der Waals surface area contributed by atoms with Gasteiger partial charge in [0.15, 0.2) is 11.6 Å². The normalized spacial score (nSPS) is 11.9. The number of pyridine rings is 2. The van der Waals surface area contributed by atoms with E-state index in [1.165, 1.54) is 12.2 Å². The van der Waals surface area contributed by atoms with Gasteiger partial charge in [-0.2, -0.15) is 0 Å². The van der Waals surface area contributed by atoms with Crippen LogP contribution in [0.3, 0.4) is 0 Å². The first-order chi connectivity index (χ1) is 39.5. The monoisotopic (exact) mass is 1460 g/mol. The van der Waals surface area contributed by atoms with Crippen LogP contribution in [0, 0.1) is 35.8 Å². The fourth-order valence-corrected chi connectivity index (χ4v) is 11.3. The van der Waals surface area contributed by atoms with Gasteiger partial charge in [0, 0.05) is 111 Å². The van der Waals surface area contributed by atoms with Gasteiger partial charge in [0.05, 0.1) is 44.6 Å². The average molecular weight is 1470 g/mol. The molecule has 0 unspecified atom stereocenters. The summed E-state index contributed by atoms with van der Waals surface area (Å²) < 4.78 is 11.4. The van der Waals surface area contributed by atoms with Gasteiger partial charge in [0.25, 0.3) is 0 Å². The molecule has 0 bridgehead atoms. The number of benzene rings is 6. The van der Waals surface area contributed by atoms with Gasteiger partial charge >= 0.3 is 0 Å². The number of carbonyl (C=O) groups is 2. The first kappa shape index (κ1) is 63.4. The predicted molar refractivity (Wildman–Crippen MR) is 334 cm³/mol. The molecule has 0 spiro atoms. The number of rotatable bonds is 18. The fourth-order valence-electron chi connectivity index (χ4n) is 11.3.